The summed E-state index contributed by atoms with van der Waals surface area (Å²) >= 11 is 0. The maximum absolute atomic E-state index is 11.6. The van der Waals surface area contributed by atoms with Crippen LogP contribution in [0.25, 0.3) is 5.69 Å². The summed E-state index contributed by atoms with van der Waals surface area (Å²) in [6, 6.07) is 13.0. The molecule has 0 amide bonds. The van der Waals surface area contributed by atoms with Crippen molar-refractivity contribution in [2.24, 2.45) is 0 Å². The third-order valence-electron chi connectivity index (χ3n) is 3.69. The van der Waals surface area contributed by atoms with Crippen molar-refractivity contribution >= 4 is 9.84 Å². The standard InChI is InChI=1S/C17H15N5O4S/c1-25-16-9-12(10-18)3-8-15(16)26-11-17-19-20-21-22(17)13-4-6-14(7-5-13)27(2,23)24/h3-9H,11H2,1-2H3. The van der Waals surface area contributed by atoms with Crippen molar-refractivity contribution in [3.05, 3.63) is 53.9 Å². The summed E-state index contributed by atoms with van der Waals surface area (Å²) in [5.74, 6) is 1.28. The summed E-state index contributed by atoms with van der Waals surface area (Å²) in [5, 5.41) is 20.4. The molecule has 138 valence electrons. The van der Waals surface area contributed by atoms with Crippen LogP contribution in [-0.2, 0) is 16.4 Å². The first-order valence-electron chi connectivity index (χ1n) is 7.71. The average molecular weight is 385 g/mol. The Morgan fingerprint density at radius 2 is 1.89 bits per heavy atom. The van der Waals surface area contributed by atoms with E-state index in [0.717, 1.165) is 6.26 Å². The van der Waals surface area contributed by atoms with E-state index >= 15 is 0 Å². The number of ether oxygens (including phenoxy) is 2. The highest BCUT2D eigenvalue weighted by molar-refractivity contribution is 7.90. The molecular weight excluding hydrogens is 370 g/mol. The van der Waals surface area contributed by atoms with Gasteiger partial charge in [-0.05, 0) is 46.8 Å². The van der Waals surface area contributed by atoms with Crippen LogP contribution in [0.4, 0.5) is 0 Å². The van der Waals surface area contributed by atoms with Gasteiger partial charge >= 0.3 is 0 Å². The number of hydrogen-bond donors (Lipinski definition) is 0. The molecule has 0 radical (unpaired) electrons. The fourth-order valence-corrected chi connectivity index (χ4v) is 2.96. The quantitative estimate of drug-likeness (QED) is 0.626. The van der Waals surface area contributed by atoms with Gasteiger partial charge in [-0.25, -0.2) is 8.42 Å². The van der Waals surface area contributed by atoms with E-state index in [1.807, 2.05) is 6.07 Å². The van der Waals surface area contributed by atoms with Gasteiger partial charge in [0.15, 0.2) is 33.8 Å². The van der Waals surface area contributed by atoms with Crippen molar-refractivity contribution in [2.45, 2.75) is 11.5 Å². The highest BCUT2D eigenvalue weighted by atomic mass is 32.2. The number of hydrogen-bond acceptors (Lipinski definition) is 8. The maximum Gasteiger partial charge on any atom is 0.194 e. The lowest BCUT2D eigenvalue weighted by Crippen LogP contribution is -2.08. The van der Waals surface area contributed by atoms with Crippen LogP contribution in [0.2, 0.25) is 0 Å². The van der Waals surface area contributed by atoms with Crippen LogP contribution in [0.5, 0.6) is 11.5 Å². The van der Waals surface area contributed by atoms with E-state index in [9.17, 15) is 8.42 Å². The Bertz CT molecular complexity index is 1100. The van der Waals surface area contributed by atoms with Crippen molar-refractivity contribution in [3.63, 3.8) is 0 Å². The smallest absolute Gasteiger partial charge is 0.194 e. The topological polar surface area (TPSA) is 120 Å². The number of rotatable bonds is 6. The van der Waals surface area contributed by atoms with Gasteiger partial charge in [0.05, 0.1) is 29.3 Å². The number of nitriles is 1. The SMILES string of the molecule is COc1cc(C#N)ccc1OCc1nnnn1-c1ccc(S(C)(=O)=O)cc1. The van der Waals surface area contributed by atoms with Crippen LogP contribution < -0.4 is 9.47 Å². The molecule has 0 N–H and O–H groups in total. The molecule has 1 heterocycles. The van der Waals surface area contributed by atoms with Crippen molar-refractivity contribution in [1.29, 1.82) is 5.26 Å². The first kappa shape index (κ1) is 18.3. The number of methoxy groups -OCH3 is 1. The van der Waals surface area contributed by atoms with E-state index in [0.29, 0.717) is 28.6 Å². The van der Waals surface area contributed by atoms with E-state index in [-0.39, 0.29) is 11.5 Å². The van der Waals surface area contributed by atoms with Crippen LogP contribution in [0, 0.1) is 11.3 Å². The molecule has 9 nitrogen and oxygen atoms in total. The summed E-state index contributed by atoms with van der Waals surface area (Å²) in [7, 11) is -1.80. The van der Waals surface area contributed by atoms with Crippen molar-refractivity contribution in [1.82, 2.24) is 20.2 Å². The summed E-state index contributed by atoms with van der Waals surface area (Å²) < 4.78 is 35.5. The molecule has 27 heavy (non-hydrogen) atoms. The lowest BCUT2D eigenvalue weighted by Gasteiger charge is -2.11. The molecular formula is C17H15N5O4S. The molecule has 0 saturated carbocycles. The Morgan fingerprint density at radius 3 is 2.52 bits per heavy atom. The zero-order chi connectivity index (χ0) is 19.4. The average Bonchev–Trinajstić information content (AvgIpc) is 3.14. The molecule has 3 rings (SSSR count). The summed E-state index contributed by atoms with van der Waals surface area (Å²) in [6.45, 7) is 0.0447. The Labute approximate surface area is 155 Å². The molecule has 0 atom stereocenters. The van der Waals surface area contributed by atoms with Gasteiger partial charge in [-0.3, -0.25) is 0 Å². The summed E-state index contributed by atoms with van der Waals surface area (Å²) in [6.07, 6.45) is 1.14. The minimum absolute atomic E-state index is 0.0447. The summed E-state index contributed by atoms with van der Waals surface area (Å²) in [4.78, 5) is 0.208. The molecule has 0 spiro atoms. The third kappa shape index (κ3) is 4.04. The molecule has 1 aromatic heterocycles. The predicted octanol–water partition coefficient (Wildman–Crippen LogP) is 1.53. The fraction of sp³-hybridized carbons (Fsp3) is 0.176. The first-order chi connectivity index (χ1) is 12.9. The van der Waals surface area contributed by atoms with E-state index in [2.05, 4.69) is 15.5 Å². The second-order valence-electron chi connectivity index (χ2n) is 5.54. The largest absolute Gasteiger partial charge is 0.493 e. The zero-order valence-electron chi connectivity index (χ0n) is 14.5. The van der Waals surface area contributed by atoms with Crippen molar-refractivity contribution in [2.75, 3.05) is 13.4 Å². The molecule has 2 aromatic carbocycles. The van der Waals surface area contributed by atoms with Gasteiger partial charge in [-0.15, -0.1) is 5.10 Å². The van der Waals surface area contributed by atoms with Crippen molar-refractivity contribution in [3.8, 4) is 23.3 Å². The number of tetrazole rings is 1. The predicted molar refractivity (Wildman–Crippen MR) is 94.3 cm³/mol. The molecule has 0 aliphatic carbocycles. The van der Waals surface area contributed by atoms with E-state index in [1.165, 1.54) is 23.9 Å². The Kier molecular flexibility index (Phi) is 5.05. The van der Waals surface area contributed by atoms with Gasteiger partial charge in [0.1, 0.15) is 0 Å². The molecule has 0 fully saturated rings. The van der Waals surface area contributed by atoms with Crippen LogP contribution in [0.1, 0.15) is 11.4 Å². The van der Waals surface area contributed by atoms with E-state index < -0.39 is 9.84 Å². The molecule has 0 aliphatic heterocycles. The van der Waals surface area contributed by atoms with E-state index in [4.69, 9.17) is 14.7 Å². The minimum Gasteiger partial charge on any atom is -0.493 e. The first-order valence-corrected chi connectivity index (χ1v) is 9.60. The molecule has 0 unspecified atom stereocenters. The van der Waals surface area contributed by atoms with Crippen LogP contribution in [0.3, 0.4) is 0 Å². The molecule has 10 heteroatoms. The monoisotopic (exact) mass is 385 g/mol. The Balaban J connectivity index is 1.81. The highest BCUT2D eigenvalue weighted by Gasteiger charge is 2.13. The number of benzene rings is 2. The summed E-state index contributed by atoms with van der Waals surface area (Å²) in [5.41, 5.74) is 1.05. The van der Waals surface area contributed by atoms with Crippen LogP contribution >= 0.6 is 0 Å². The molecule has 0 aliphatic rings. The van der Waals surface area contributed by atoms with Gasteiger partial charge in [0.25, 0.3) is 0 Å². The van der Waals surface area contributed by atoms with E-state index in [1.54, 1.807) is 30.3 Å². The van der Waals surface area contributed by atoms with Gasteiger partial charge in [-0.1, -0.05) is 0 Å². The van der Waals surface area contributed by atoms with Crippen molar-refractivity contribution < 1.29 is 17.9 Å². The molecule has 0 bridgehead atoms. The second kappa shape index (κ2) is 7.43. The minimum atomic E-state index is -3.28. The maximum atomic E-state index is 11.6. The van der Waals surface area contributed by atoms with Gasteiger partial charge in [0.2, 0.25) is 0 Å². The van der Waals surface area contributed by atoms with Gasteiger partial charge in [-0.2, -0.15) is 9.94 Å². The number of sulfone groups is 1. The highest BCUT2D eigenvalue weighted by Crippen LogP contribution is 2.28. The lowest BCUT2D eigenvalue weighted by atomic mass is 10.2. The third-order valence-corrected chi connectivity index (χ3v) is 4.82. The van der Waals surface area contributed by atoms with Crippen LogP contribution in [0.15, 0.2) is 47.4 Å². The normalized spacial score (nSPS) is 11.0. The van der Waals surface area contributed by atoms with Gasteiger partial charge in [0, 0.05) is 12.3 Å². The molecule has 3 aromatic rings. The number of aromatic nitrogens is 4. The van der Waals surface area contributed by atoms with Crippen LogP contribution in [-0.4, -0.2) is 42.0 Å². The fourth-order valence-electron chi connectivity index (χ4n) is 2.33. The molecule has 0 saturated heterocycles. The Hall–Kier alpha value is -3.45. The van der Waals surface area contributed by atoms with Gasteiger partial charge < -0.3 is 9.47 Å². The zero-order valence-corrected chi connectivity index (χ0v) is 15.3. The lowest BCUT2D eigenvalue weighted by molar-refractivity contribution is 0.273. The second-order valence-corrected chi connectivity index (χ2v) is 7.55. The Morgan fingerprint density at radius 1 is 1.15 bits per heavy atom. The number of nitrogens with zero attached hydrogens (tertiary/aromatic N) is 5.